The topological polar surface area (TPSA) is 12.0 Å². The normalized spacial score (nSPS) is 11.3. The summed E-state index contributed by atoms with van der Waals surface area (Å²) in [4.78, 5) is 0. The summed E-state index contributed by atoms with van der Waals surface area (Å²) in [5, 5.41) is 6.18. The first kappa shape index (κ1) is 14.6. The zero-order chi connectivity index (χ0) is 15.2. The van der Waals surface area contributed by atoms with Crippen molar-refractivity contribution in [3.8, 4) is 0 Å². The highest BCUT2D eigenvalue weighted by atomic mass is 14.8. The Morgan fingerprint density at radius 1 is 0.864 bits per heavy atom. The number of benzene rings is 3. The van der Waals surface area contributed by atoms with Gasteiger partial charge in [0.15, 0.2) is 0 Å². The molecule has 0 aromatic heterocycles. The standard InChI is InChI=1S/C21H21N/c1-17-13-14-19-11-5-6-12-20(19)21(17)16-22-15-7-10-18-8-3-2-4-9-18/h2-14,22H,15-16H2,1H3/b10-7+. The minimum atomic E-state index is 0.873. The van der Waals surface area contributed by atoms with E-state index in [1.165, 1.54) is 27.5 Å². The Bertz CT molecular complexity index is 772. The summed E-state index contributed by atoms with van der Waals surface area (Å²) in [5.74, 6) is 0. The Hall–Kier alpha value is -2.38. The fraction of sp³-hybridized carbons (Fsp3) is 0.143. The number of rotatable bonds is 5. The van der Waals surface area contributed by atoms with Gasteiger partial charge < -0.3 is 5.32 Å². The predicted octanol–water partition coefficient (Wildman–Crippen LogP) is 4.95. The monoisotopic (exact) mass is 287 g/mol. The van der Waals surface area contributed by atoms with Crippen molar-refractivity contribution in [2.45, 2.75) is 13.5 Å². The Morgan fingerprint density at radius 3 is 2.50 bits per heavy atom. The van der Waals surface area contributed by atoms with Gasteiger partial charge in [0.2, 0.25) is 0 Å². The Morgan fingerprint density at radius 2 is 1.64 bits per heavy atom. The van der Waals surface area contributed by atoms with Gasteiger partial charge in [-0.3, -0.25) is 0 Å². The molecule has 0 spiro atoms. The molecule has 0 radical (unpaired) electrons. The molecular weight excluding hydrogens is 266 g/mol. The van der Waals surface area contributed by atoms with Crippen molar-refractivity contribution in [1.29, 1.82) is 0 Å². The van der Waals surface area contributed by atoms with Gasteiger partial charge in [-0.2, -0.15) is 0 Å². The first-order valence-electron chi connectivity index (χ1n) is 7.74. The van der Waals surface area contributed by atoms with Crippen LogP contribution in [0.25, 0.3) is 16.8 Å². The second kappa shape index (κ2) is 7.06. The van der Waals surface area contributed by atoms with Crippen LogP contribution in [0.5, 0.6) is 0 Å². The third-order valence-electron chi connectivity index (χ3n) is 3.95. The Kier molecular flexibility index (Phi) is 4.67. The SMILES string of the molecule is Cc1ccc2ccccc2c1CNC/C=C/c1ccccc1. The predicted molar refractivity (Wildman–Crippen MR) is 95.9 cm³/mol. The van der Waals surface area contributed by atoms with Crippen LogP contribution in [0.4, 0.5) is 0 Å². The van der Waals surface area contributed by atoms with Gasteiger partial charge in [-0.25, -0.2) is 0 Å². The fourth-order valence-corrected chi connectivity index (χ4v) is 2.72. The molecule has 3 aromatic carbocycles. The smallest absolute Gasteiger partial charge is 0.0217 e. The van der Waals surface area contributed by atoms with Crippen LogP contribution in [-0.2, 0) is 6.54 Å². The average molecular weight is 287 g/mol. The highest BCUT2D eigenvalue weighted by molar-refractivity contribution is 5.86. The van der Waals surface area contributed by atoms with Crippen molar-refractivity contribution >= 4 is 16.8 Å². The van der Waals surface area contributed by atoms with Gasteiger partial charge in [-0.1, -0.05) is 78.9 Å². The van der Waals surface area contributed by atoms with Gasteiger partial charge in [-0.15, -0.1) is 0 Å². The molecule has 22 heavy (non-hydrogen) atoms. The fourth-order valence-electron chi connectivity index (χ4n) is 2.72. The molecule has 0 heterocycles. The lowest BCUT2D eigenvalue weighted by Gasteiger charge is -2.10. The van der Waals surface area contributed by atoms with E-state index in [9.17, 15) is 0 Å². The summed E-state index contributed by atoms with van der Waals surface area (Å²) < 4.78 is 0. The first-order valence-corrected chi connectivity index (χ1v) is 7.74. The van der Waals surface area contributed by atoms with Crippen molar-refractivity contribution in [1.82, 2.24) is 5.32 Å². The molecule has 1 heteroatoms. The first-order chi connectivity index (χ1) is 10.8. The molecule has 0 bridgehead atoms. The molecular formula is C21H21N. The van der Waals surface area contributed by atoms with Gasteiger partial charge >= 0.3 is 0 Å². The molecule has 0 fully saturated rings. The minimum absolute atomic E-state index is 0.873. The van der Waals surface area contributed by atoms with Gasteiger partial charge in [-0.05, 0) is 34.4 Å². The van der Waals surface area contributed by atoms with Gasteiger partial charge in [0.05, 0.1) is 0 Å². The summed E-state index contributed by atoms with van der Waals surface area (Å²) in [6, 6.07) is 23.4. The van der Waals surface area contributed by atoms with E-state index in [1.54, 1.807) is 0 Å². The van der Waals surface area contributed by atoms with E-state index in [0.717, 1.165) is 13.1 Å². The van der Waals surface area contributed by atoms with Crippen molar-refractivity contribution in [3.05, 3.63) is 89.5 Å². The van der Waals surface area contributed by atoms with Crippen LogP contribution >= 0.6 is 0 Å². The maximum Gasteiger partial charge on any atom is 0.0217 e. The molecule has 0 amide bonds. The quantitative estimate of drug-likeness (QED) is 0.655. The largest absolute Gasteiger partial charge is 0.309 e. The lowest BCUT2D eigenvalue weighted by molar-refractivity contribution is 0.761. The molecule has 0 aliphatic heterocycles. The van der Waals surface area contributed by atoms with E-state index in [4.69, 9.17) is 0 Å². The summed E-state index contributed by atoms with van der Waals surface area (Å²) in [6.07, 6.45) is 4.33. The van der Waals surface area contributed by atoms with E-state index >= 15 is 0 Å². The number of hydrogen-bond acceptors (Lipinski definition) is 1. The third-order valence-corrected chi connectivity index (χ3v) is 3.95. The van der Waals surface area contributed by atoms with Crippen LogP contribution in [0.1, 0.15) is 16.7 Å². The van der Waals surface area contributed by atoms with Crippen LogP contribution < -0.4 is 5.32 Å². The number of aryl methyl sites for hydroxylation is 1. The molecule has 0 saturated carbocycles. The molecule has 0 atom stereocenters. The Balaban J connectivity index is 1.65. The maximum atomic E-state index is 3.52. The molecule has 3 aromatic rings. The van der Waals surface area contributed by atoms with Crippen molar-refractivity contribution in [2.24, 2.45) is 0 Å². The van der Waals surface area contributed by atoms with E-state index < -0.39 is 0 Å². The minimum Gasteiger partial charge on any atom is -0.309 e. The van der Waals surface area contributed by atoms with Crippen molar-refractivity contribution < 1.29 is 0 Å². The molecule has 0 aliphatic carbocycles. The summed E-state index contributed by atoms with van der Waals surface area (Å²) in [7, 11) is 0. The zero-order valence-corrected chi connectivity index (χ0v) is 12.9. The Labute approximate surface area is 132 Å². The van der Waals surface area contributed by atoms with E-state index in [0.29, 0.717) is 0 Å². The lowest BCUT2D eigenvalue weighted by atomic mass is 10.00. The average Bonchev–Trinajstić information content (AvgIpc) is 2.57. The summed E-state index contributed by atoms with van der Waals surface area (Å²) >= 11 is 0. The number of nitrogens with one attached hydrogen (secondary N) is 1. The molecule has 0 aliphatic rings. The molecule has 1 N–H and O–H groups in total. The van der Waals surface area contributed by atoms with Crippen molar-refractivity contribution in [2.75, 3.05) is 6.54 Å². The van der Waals surface area contributed by atoms with Crippen LogP contribution in [0.15, 0.2) is 72.8 Å². The highest BCUT2D eigenvalue weighted by Crippen LogP contribution is 2.21. The summed E-state index contributed by atoms with van der Waals surface area (Å²) in [5.41, 5.74) is 3.98. The van der Waals surface area contributed by atoms with E-state index in [1.807, 2.05) is 6.07 Å². The highest BCUT2D eigenvalue weighted by Gasteiger charge is 2.03. The maximum absolute atomic E-state index is 3.52. The van der Waals surface area contributed by atoms with Gasteiger partial charge in [0.1, 0.15) is 0 Å². The third kappa shape index (κ3) is 3.44. The van der Waals surface area contributed by atoms with Gasteiger partial charge in [0.25, 0.3) is 0 Å². The van der Waals surface area contributed by atoms with E-state index in [-0.39, 0.29) is 0 Å². The van der Waals surface area contributed by atoms with Crippen LogP contribution in [0, 0.1) is 6.92 Å². The number of fused-ring (bicyclic) bond motifs is 1. The van der Waals surface area contributed by atoms with Crippen molar-refractivity contribution in [3.63, 3.8) is 0 Å². The second-order valence-corrected chi connectivity index (χ2v) is 5.53. The second-order valence-electron chi connectivity index (χ2n) is 5.53. The van der Waals surface area contributed by atoms with Crippen LogP contribution in [0.3, 0.4) is 0 Å². The molecule has 0 unspecified atom stereocenters. The van der Waals surface area contributed by atoms with Gasteiger partial charge in [0, 0.05) is 13.1 Å². The lowest BCUT2D eigenvalue weighted by Crippen LogP contribution is -2.14. The van der Waals surface area contributed by atoms with Crippen LogP contribution in [0.2, 0.25) is 0 Å². The van der Waals surface area contributed by atoms with Crippen LogP contribution in [-0.4, -0.2) is 6.54 Å². The van der Waals surface area contributed by atoms with E-state index in [2.05, 4.69) is 85.1 Å². The number of hydrogen-bond donors (Lipinski definition) is 1. The molecule has 110 valence electrons. The molecule has 3 rings (SSSR count). The molecule has 0 saturated heterocycles. The zero-order valence-electron chi connectivity index (χ0n) is 12.9. The summed E-state index contributed by atoms with van der Waals surface area (Å²) in [6.45, 7) is 3.95. The molecule has 1 nitrogen and oxygen atoms in total.